The number of aliphatic hydroxyl groups excluding tert-OH is 1. The van der Waals surface area contributed by atoms with Gasteiger partial charge in [-0.15, -0.1) is 0 Å². The standard InChI is InChI=1S/C25H26N2O6/c26-24(18-28)25(31,33-23(30)17-16-22(29)32-24)21-15-9-14-20(27-21)13-8-3-1-2-5-10-19-11-6-4-7-12-19/h4,6-7,9,11-12,14-17,28,31H,1-3,5,10,18,26H2/b17-16-. The molecule has 8 nitrogen and oxygen atoms in total. The molecule has 2 unspecified atom stereocenters. The molecule has 0 radical (unpaired) electrons. The predicted octanol–water partition coefficient (Wildman–Crippen LogP) is 1.68. The first kappa shape index (κ1) is 24.1. The third-order valence-corrected chi connectivity index (χ3v) is 5.12. The summed E-state index contributed by atoms with van der Waals surface area (Å²) in [4.78, 5) is 28.0. The number of hydrogen-bond acceptors (Lipinski definition) is 8. The number of aryl methyl sites for hydroxylation is 1. The Morgan fingerprint density at radius 3 is 2.39 bits per heavy atom. The maximum atomic E-state index is 12.0. The van der Waals surface area contributed by atoms with Crippen molar-refractivity contribution in [2.24, 2.45) is 5.73 Å². The summed E-state index contributed by atoms with van der Waals surface area (Å²) in [6, 6.07) is 14.8. The van der Waals surface area contributed by atoms with E-state index in [1.165, 1.54) is 17.7 Å². The Morgan fingerprint density at radius 2 is 1.67 bits per heavy atom. The third-order valence-electron chi connectivity index (χ3n) is 5.12. The van der Waals surface area contributed by atoms with Crippen molar-refractivity contribution in [2.75, 3.05) is 6.61 Å². The van der Waals surface area contributed by atoms with Gasteiger partial charge in [-0.2, -0.15) is 0 Å². The number of unbranched alkanes of at least 4 members (excludes halogenated alkanes) is 3. The van der Waals surface area contributed by atoms with Gasteiger partial charge in [-0.3, -0.25) is 5.73 Å². The quantitative estimate of drug-likeness (QED) is 0.330. The molecule has 2 aromatic rings. The lowest BCUT2D eigenvalue weighted by atomic mass is 9.98. The number of aliphatic hydroxyl groups is 2. The van der Waals surface area contributed by atoms with Gasteiger partial charge in [-0.1, -0.05) is 48.7 Å². The lowest BCUT2D eigenvalue weighted by Gasteiger charge is -2.40. The molecular formula is C25H26N2O6. The second kappa shape index (κ2) is 10.9. The van der Waals surface area contributed by atoms with Crippen LogP contribution in [0.4, 0.5) is 0 Å². The SMILES string of the molecule is NC1(CO)OC(=O)/C=C\C(=O)OC1(O)c1cccc(C#CCCCCCc2ccccc2)n1. The highest BCUT2D eigenvalue weighted by Gasteiger charge is 2.57. The molecule has 0 amide bonds. The fourth-order valence-electron chi connectivity index (χ4n) is 3.30. The Bertz CT molecular complexity index is 1080. The van der Waals surface area contributed by atoms with Crippen LogP contribution in [0.1, 0.15) is 42.6 Å². The molecule has 1 aromatic carbocycles. The fraction of sp³-hybridized carbons (Fsp3) is 0.320. The minimum atomic E-state index is -2.73. The number of nitrogens with zero attached hydrogens (tertiary/aromatic N) is 1. The van der Waals surface area contributed by atoms with Crippen LogP contribution in [0, 0.1) is 11.8 Å². The number of hydrogen-bond donors (Lipinski definition) is 3. The van der Waals surface area contributed by atoms with Gasteiger partial charge in [0.1, 0.15) is 18.0 Å². The Hall–Kier alpha value is -3.51. The summed E-state index contributed by atoms with van der Waals surface area (Å²) in [7, 11) is 0. The summed E-state index contributed by atoms with van der Waals surface area (Å²) in [6.45, 7) is -1.03. The van der Waals surface area contributed by atoms with Gasteiger partial charge in [0.15, 0.2) is 0 Å². The maximum absolute atomic E-state index is 12.0. The summed E-state index contributed by atoms with van der Waals surface area (Å²) in [5.41, 5.74) is 4.83. The summed E-state index contributed by atoms with van der Waals surface area (Å²) >= 11 is 0. The van der Waals surface area contributed by atoms with E-state index in [1.54, 1.807) is 6.07 Å². The van der Waals surface area contributed by atoms with E-state index in [4.69, 9.17) is 15.2 Å². The molecule has 4 N–H and O–H groups in total. The van der Waals surface area contributed by atoms with E-state index < -0.39 is 30.1 Å². The number of benzene rings is 1. The Labute approximate surface area is 192 Å². The van der Waals surface area contributed by atoms with Crippen molar-refractivity contribution in [2.45, 2.75) is 43.6 Å². The summed E-state index contributed by atoms with van der Waals surface area (Å²) in [5.74, 6) is 1.14. The van der Waals surface area contributed by atoms with Crippen LogP contribution >= 0.6 is 0 Å². The van der Waals surface area contributed by atoms with E-state index in [9.17, 15) is 19.8 Å². The topological polar surface area (TPSA) is 132 Å². The Morgan fingerprint density at radius 1 is 0.939 bits per heavy atom. The van der Waals surface area contributed by atoms with Gasteiger partial charge in [0.05, 0.1) is 0 Å². The van der Waals surface area contributed by atoms with Crippen molar-refractivity contribution in [1.29, 1.82) is 0 Å². The monoisotopic (exact) mass is 450 g/mol. The number of cyclic esters (lactones) is 2. The smallest absolute Gasteiger partial charge is 0.334 e. The number of carbonyl (C=O) groups excluding carboxylic acids is 2. The van der Waals surface area contributed by atoms with E-state index in [-0.39, 0.29) is 5.69 Å². The van der Waals surface area contributed by atoms with Crippen LogP contribution in [-0.4, -0.2) is 39.5 Å². The Kier molecular flexibility index (Phi) is 7.96. The number of carbonyl (C=O) groups is 2. The number of pyridine rings is 1. The molecular weight excluding hydrogens is 424 g/mol. The van der Waals surface area contributed by atoms with E-state index in [2.05, 4.69) is 29.0 Å². The number of rotatable bonds is 7. The summed E-state index contributed by atoms with van der Waals surface area (Å²) in [6.07, 6.45) is 6.31. The average Bonchev–Trinajstić information content (AvgIpc) is 2.82. The van der Waals surface area contributed by atoms with Crippen molar-refractivity contribution >= 4 is 11.9 Å². The molecule has 0 fully saturated rings. The van der Waals surface area contributed by atoms with Gasteiger partial charge in [0.2, 0.25) is 0 Å². The van der Waals surface area contributed by atoms with Crippen LogP contribution in [0.15, 0.2) is 60.7 Å². The van der Waals surface area contributed by atoms with E-state index in [1.807, 2.05) is 18.2 Å². The molecule has 3 rings (SSSR count). The molecule has 2 atom stereocenters. The molecule has 1 aliphatic heterocycles. The van der Waals surface area contributed by atoms with Gasteiger partial charge in [-0.25, -0.2) is 14.6 Å². The highest BCUT2D eigenvalue weighted by molar-refractivity contribution is 5.92. The summed E-state index contributed by atoms with van der Waals surface area (Å²) in [5, 5.41) is 20.8. The lowest BCUT2D eigenvalue weighted by molar-refractivity contribution is -0.306. The van der Waals surface area contributed by atoms with Crippen LogP contribution in [0.5, 0.6) is 0 Å². The number of ether oxygens (including phenoxy) is 2. The van der Waals surface area contributed by atoms with Crippen LogP contribution in [0.2, 0.25) is 0 Å². The fourth-order valence-corrected chi connectivity index (χ4v) is 3.30. The van der Waals surface area contributed by atoms with Crippen LogP contribution in [0.25, 0.3) is 0 Å². The number of esters is 2. The summed E-state index contributed by atoms with van der Waals surface area (Å²) < 4.78 is 9.99. The van der Waals surface area contributed by atoms with Crippen LogP contribution in [0.3, 0.4) is 0 Å². The average molecular weight is 450 g/mol. The zero-order chi connectivity index (χ0) is 23.7. The predicted molar refractivity (Wildman–Crippen MR) is 119 cm³/mol. The van der Waals surface area contributed by atoms with Gasteiger partial charge in [-0.05, 0) is 42.9 Å². The first-order chi connectivity index (χ1) is 15.9. The second-order valence-electron chi connectivity index (χ2n) is 7.62. The van der Waals surface area contributed by atoms with Gasteiger partial charge in [0.25, 0.3) is 5.72 Å². The Balaban J connectivity index is 1.66. The molecule has 8 heteroatoms. The molecule has 0 saturated heterocycles. The molecule has 33 heavy (non-hydrogen) atoms. The van der Waals surface area contributed by atoms with Crippen molar-refractivity contribution in [3.8, 4) is 11.8 Å². The number of nitrogens with two attached hydrogens (primary N) is 1. The zero-order valence-corrected chi connectivity index (χ0v) is 18.1. The first-order valence-corrected chi connectivity index (χ1v) is 10.6. The normalized spacial score (nSPS) is 23.4. The molecule has 0 aliphatic carbocycles. The zero-order valence-electron chi connectivity index (χ0n) is 18.1. The van der Waals surface area contributed by atoms with E-state index in [0.717, 1.165) is 37.8 Å². The van der Waals surface area contributed by atoms with Crippen LogP contribution < -0.4 is 5.73 Å². The number of aromatic nitrogens is 1. The molecule has 1 aromatic heterocycles. The lowest BCUT2D eigenvalue weighted by Crippen LogP contribution is -2.65. The minimum absolute atomic E-state index is 0.231. The van der Waals surface area contributed by atoms with Gasteiger partial charge < -0.3 is 19.7 Å². The van der Waals surface area contributed by atoms with E-state index >= 15 is 0 Å². The molecule has 1 aliphatic rings. The maximum Gasteiger partial charge on any atom is 0.334 e. The molecule has 172 valence electrons. The third kappa shape index (κ3) is 6.05. The van der Waals surface area contributed by atoms with Crippen LogP contribution in [-0.2, 0) is 31.3 Å². The molecule has 0 saturated carbocycles. The molecule has 0 spiro atoms. The molecule has 0 bridgehead atoms. The first-order valence-electron chi connectivity index (χ1n) is 10.6. The van der Waals surface area contributed by atoms with Crippen molar-refractivity contribution in [1.82, 2.24) is 4.98 Å². The van der Waals surface area contributed by atoms with Gasteiger partial charge >= 0.3 is 17.7 Å². The van der Waals surface area contributed by atoms with Crippen molar-refractivity contribution in [3.63, 3.8) is 0 Å². The van der Waals surface area contributed by atoms with Crippen molar-refractivity contribution < 1.29 is 29.3 Å². The highest BCUT2D eigenvalue weighted by atomic mass is 16.7. The van der Waals surface area contributed by atoms with Gasteiger partial charge in [0, 0.05) is 18.6 Å². The highest BCUT2D eigenvalue weighted by Crippen LogP contribution is 2.34. The largest absolute Gasteiger partial charge is 0.431 e. The minimum Gasteiger partial charge on any atom is -0.431 e. The van der Waals surface area contributed by atoms with E-state index in [0.29, 0.717) is 12.1 Å². The second-order valence-corrected chi connectivity index (χ2v) is 7.62. The van der Waals surface area contributed by atoms with Crippen molar-refractivity contribution in [3.05, 3.63) is 77.6 Å². The molecule has 2 heterocycles.